The van der Waals surface area contributed by atoms with Crippen LogP contribution in [0, 0.1) is 13.8 Å². The van der Waals surface area contributed by atoms with Gasteiger partial charge in [-0.25, -0.2) is 4.98 Å². The average Bonchev–Trinajstić information content (AvgIpc) is 2.74. The fourth-order valence-corrected chi connectivity index (χ4v) is 4.11. The van der Waals surface area contributed by atoms with E-state index < -0.39 is 0 Å². The maximum absolute atomic E-state index is 13.2. The lowest BCUT2D eigenvalue weighted by Crippen LogP contribution is -2.50. The Labute approximate surface area is 172 Å². The van der Waals surface area contributed by atoms with Gasteiger partial charge in [0.2, 0.25) is 5.95 Å². The predicted octanol–water partition coefficient (Wildman–Crippen LogP) is 2.12. The van der Waals surface area contributed by atoms with Crippen LogP contribution in [0.4, 0.5) is 11.6 Å². The molecule has 2 aliphatic heterocycles. The summed E-state index contributed by atoms with van der Waals surface area (Å²) in [5.41, 5.74) is 4.02. The van der Waals surface area contributed by atoms with Crippen molar-refractivity contribution in [3.8, 4) is 0 Å². The van der Waals surface area contributed by atoms with Gasteiger partial charge >= 0.3 is 0 Å². The van der Waals surface area contributed by atoms with Gasteiger partial charge < -0.3 is 4.74 Å². The van der Waals surface area contributed by atoms with E-state index in [9.17, 15) is 4.79 Å². The van der Waals surface area contributed by atoms with Crippen molar-refractivity contribution < 1.29 is 4.74 Å². The molecule has 29 heavy (non-hydrogen) atoms. The van der Waals surface area contributed by atoms with Crippen molar-refractivity contribution in [3.05, 3.63) is 51.4 Å². The lowest BCUT2D eigenvalue weighted by molar-refractivity contribution is 0.0310. The molecule has 0 aliphatic carbocycles. The van der Waals surface area contributed by atoms with E-state index in [2.05, 4.69) is 45.9 Å². The molecule has 4 rings (SSSR count). The summed E-state index contributed by atoms with van der Waals surface area (Å²) < 4.78 is 7.30. The second-order valence-corrected chi connectivity index (χ2v) is 7.96. The van der Waals surface area contributed by atoms with Gasteiger partial charge in [-0.05, 0) is 32.4 Å². The first kappa shape index (κ1) is 20.1. The minimum Gasteiger partial charge on any atom is -0.379 e. The van der Waals surface area contributed by atoms with Gasteiger partial charge in [0.25, 0.3) is 5.56 Å². The third-order valence-electron chi connectivity index (χ3n) is 5.91. The molecule has 1 fully saturated rings. The molecule has 3 heterocycles. The van der Waals surface area contributed by atoms with E-state index in [1.54, 1.807) is 0 Å². The minimum atomic E-state index is 0.0863. The Bertz CT molecular complexity index is 903. The van der Waals surface area contributed by atoms with Crippen LogP contribution in [-0.4, -0.2) is 65.4 Å². The second kappa shape index (κ2) is 8.65. The van der Waals surface area contributed by atoms with Gasteiger partial charge in [0.1, 0.15) is 0 Å². The molecule has 0 radical (unpaired) electrons. The van der Waals surface area contributed by atoms with Gasteiger partial charge in [-0.15, -0.1) is 0 Å². The summed E-state index contributed by atoms with van der Waals surface area (Å²) in [4.78, 5) is 25.0. The Morgan fingerprint density at radius 2 is 1.69 bits per heavy atom. The lowest BCUT2D eigenvalue weighted by Gasteiger charge is -2.39. The number of rotatable bonds is 5. The quantitative estimate of drug-likeness (QED) is 0.770. The number of hydrogen-bond acceptors (Lipinski definition) is 6. The topological polar surface area (TPSA) is 53.8 Å². The van der Waals surface area contributed by atoms with Gasteiger partial charge in [0, 0.05) is 43.1 Å². The number of fused-ring (bicyclic) bond motifs is 1. The van der Waals surface area contributed by atoms with Crippen LogP contribution >= 0.6 is 0 Å². The average molecular weight is 398 g/mol. The number of benzene rings is 1. The number of morpholine rings is 1. The highest BCUT2D eigenvalue weighted by Gasteiger charge is 2.27. The summed E-state index contributed by atoms with van der Waals surface area (Å²) in [6.07, 6.45) is 0.705. The zero-order chi connectivity index (χ0) is 20.4. The number of hydrogen-bond donors (Lipinski definition) is 0. The number of aryl methyl sites for hydroxylation is 2. The molecule has 0 saturated carbocycles. The largest absolute Gasteiger partial charge is 0.379 e. The van der Waals surface area contributed by atoms with E-state index in [-0.39, 0.29) is 5.56 Å². The van der Waals surface area contributed by atoms with Crippen LogP contribution in [-0.2, 0) is 17.8 Å². The number of aromatic nitrogens is 2. The minimum absolute atomic E-state index is 0.0863. The zero-order valence-electron chi connectivity index (χ0n) is 17.7. The Balaban J connectivity index is 1.65. The Morgan fingerprint density at radius 3 is 2.38 bits per heavy atom. The first-order valence-corrected chi connectivity index (χ1v) is 10.5. The molecule has 0 atom stereocenters. The molecule has 0 amide bonds. The van der Waals surface area contributed by atoms with E-state index >= 15 is 0 Å². The summed E-state index contributed by atoms with van der Waals surface area (Å²) in [5, 5.41) is 0. The van der Waals surface area contributed by atoms with Crippen molar-refractivity contribution in [1.82, 2.24) is 19.4 Å². The highest BCUT2D eigenvalue weighted by molar-refractivity contribution is 5.58. The predicted molar refractivity (Wildman–Crippen MR) is 115 cm³/mol. The number of ether oxygens (including phenoxy) is 1. The first-order valence-electron chi connectivity index (χ1n) is 10.5. The normalized spacial score (nSPS) is 18.1. The van der Waals surface area contributed by atoms with E-state index in [1.807, 2.05) is 18.4 Å². The molecular formula is C22H31N5O2. The summed E-state index contributed by atoms with van der Waals surface area (Å²) >= 11 is 0. The van der Waals surface area contributed by atoms with Gasteiger partial charge in [-0.2, -0.15) is 0 Å². The maximum atomic E-state index is 13.2. The molecule has 2 aliphatic rings. The summed E-state index contributed by atoms with van der Waals surface area (Å²) in [5.74, 6) is 0.746. The summed E-state index contributed by atoms with van der Waals surface area (Å²) in [6.45, 7) is 12.8. The molecule has 0 N–H and O–H groups in total. The Kier molecular flexibility index (Phi) is 5.99. The van der Waals surface area contributed by atoms with Crippen molar-refractivity contribution in [2.24, 2.45) is 0 Å². The van der Waals surface area contributed by atoms with E-state index in [1.165, 1.54) is 5.56 Å². The molecule has 1 saturated heterocycles. The third kappa shape index (κ3) is 4.22. The van der Waals surface area contributed by atoms with E-state index in [0.717, 1.165) is 69.0 Å². The van der Waals surface area contributed by atoms with Crippen molar-refractivity contribution in [2.45, 2.75) is 33.9 Å². The summed E-state index contributed by atoms with van der Waals surface area (Å²) in [6, 6.07) is 8.44. The number of nitrogens with zero attached hydrogens (tertiary/aromatic N) is 5. The van der Waals surface area contributed by atoms with E-state index in [4.69, 9.17) is 9.72 Å². The van der Waals surface area contributed by atoms with Crippen LogP contribution in [0.2, 0.25) is 0 Å². The fourth-order valence-electron chi connectivity index (χ4n) is 4.11. The van der Waals surface area contributed by atoms with Crippen molar-refractivity contribution in [1.29, 1.82) is 0 Å². The van der Waals surface area contributed by atoms with Crippen molar-refractivity contribution >= 4 is 11.6 Å². The lowest BCUT2D eigenvalue weighted by atomic mass is 10.2. The molecule has 1 aromatic heterocycles. The van der Waals surface area contributed by atoms with Crippen molar-refractivity contribution in [2.75, 3.05) is 51.0 Å². The number of anilines is 2. The maximum Gasteiger partial charge on any atom is 0.259 e. The highest BCUT2D eigenvalue weighted by atomic mass is 16.5. The molecule has 2 aromatic rings. The summed E-state index contributed by atoms with van der Waals surface area (Å²) in [7, 11) is 0. The molecule has 0 unspecified atom stereocenters. The first-order chi connectivity index (χ1) is 14.1. The molecular weight excluding hydrogens is 366 g/mol. The third-order valence-corrected chi connectivity index (χ3v) is 5.91. The van der Waals surface area contributed by atoms with Gasteiger partial charge in [0.05, 0.1) is 26.6 Å². The molecule has 7 heteroatoms. The van der Waals surface area contributed by atoms with E-state index in [0.29, 0.717) is 13.1 Å². The molecule has 0 bridgehead atoms. The SMILES string of the molecule is CCc1c(C)nc2n(c1=O)CN(CCN1CCOCC1)CN2c1ccc(C)cc1. The van der Waals surface area contributed by atoms with Crippen LogP contribution in [0.25, 0.3) is 0 Å². The highest BCUT2D eigenvalue weighted by Crippen LogP contribution is 2.27. The molecule has 1 aromatic carbocycles. The standard InChI is InChI=1S/C22H31N5O2/c1-4-20-18(3)23-22-26(19-7-5-17(2)6-8-19)15-25(16-27(22)21(20)28)10-9-24-11-13-29-14-12-24/h5-8H,4,9-16H2,1-3H3. The van der Waals surface area contributed by atoms with Gasteiger partial charge in [-0.3, -0.25) is 24.1 Å². The zero-order valence-corrected chi connectivity index (χ0v) is 17.7. The second-order valence-electron chi connectivity index (χ2n) is 7.96. The van der Waals surface area contributed by atoms with Crippen LogP contribution in [0.5, 0.6) is 0 Å². The van der Waals surface area contributed by atoms with Crippen LogP contribution < -0.4 is 10.5 Å². The Hall–Kier alpha value is -2.22. The smallest absolute Gasteiger partial charge is 0.259 e. The van der Waals surface area contributed by atoms with Crippen molar-refractivity contribution in [3.63, 3.8) is 0 Å². The van der Waals surface area contributed by atoms with Gasteiger partial charge in [0.15, 0.2) is 0 Å². The van der Waals surface area contributed by atoms with Crippen LogP contribution in [0.15, 0.2) is 29.1 Å². The van der Waals surface area contributed by atoms with Gasteiger partial charge in [-0.1, -0.05) is 24.6 Å². The monoisotopic (exact) mass is 397 g/mol. The molecule has 0 spiro atoms. The van der Waals surface area contributed by atoms with Crippen LogP contribution in [0.3, 0.4) is 0 Å². The van der Waals surface area contributed by atoms with Crippen LogP contribution in [0.1, 0.15) is 23.7 Å². The Morgan fingerprint density at radius 1 is 1.00 bits per heavy atom. The molecule has 7 nitrogen and oxygen atoms in total. The molecule has 156 valence electrons. The fraction of sp³-hybridized carbons (Fsp3) is 0.545.